The monoisotopic (exact) mass is 439 g/mol. The van der Waals surface area contributed by atoms with Crippen LogP contribution in [-0.4, -0.2) is 46.5 Å². The first-order valence-corrected chi connectivity index (χ1v) is 11.6. The highest BCUT2D eigenvalue weighted by molar-refractivity contribution is 7.89. The summed E-state index contributed by atoms with van der Waals surface area (Å²) in [4.78, 5) is 16.9. The molecule has 2 unspecified atom stereocenters. The summed E-state index contributed by atoms with van der Waals surface area (Å²) in [5, 5.41) is 6.96. The van der Waals surface area contributed by atoms with Gasteiger partial charge < -0.3 is 5.32 Å². The topological polar surface area (TPSA) is 97.2 Å². The van der Waals surface area contributed by atoms with Crippen LogP contribution in [0.3, 0.4) is 0 Å². The molecule has 2 heterocycles. The lowest BCUT2D eigenvalue weighted by Crippen LogP contribution is -2.42. The van der Waals surface area contributed by atoms with Crippen molar-refractivity contribution in [3.63, 3.8) is 0 Å². The van der Waals surface area contributed by atoms with E-state index >= 15 is 0 Å². The van der Waals surface area contributed by atoms with Crippen LogP contribution in [0.2, 0.25) is 0 Å². The van der Waals surface area contributed by atoms with Crippen LogP contribution in [0.1, 0.15) is 30.6 Å². The Bertz CT molecular complexity index is 1150. The van der Waals surface area contributed by atoms with Crippen LogP contribution in [0.4, 0.5) is 5.69 Å². The Hall–Kier alpha value is -3.04. The number of hydrogen-bond donors (Lipinski definition) is 1. The van der Waals surface area contributed by atoms with E-state index in [1.165, 1.54) is 30.6 Å². The fourth-order valence-corrected chi connectivity index (χ4v) is 5.72. The van der Waals surface area contributed by atoms with Crippen LogP contribution in [0.25, 0.3) is 5.69 Å². The normalized spacial score (nSPS) is 19.8. The van der Waals surface area contributed by atoms with Crippen LogP contribution in [0, 0.1) is 11.8 Å². The second-order valence-electron chi connectivity index (χ2n) is 8.10. The molecule has 4 rings (SSSR count). The van der Waals surface area contributed by atoms with Crippen molar-refractivity contribution >= 4 is 21.6 Å². The first kappa shape index (κ1) is 21.2. The number of piperidine rings is 1. The summed E-state index contributed by atoms with van der Waals surface area (Å²) in [5.41, 5.74) is 1.62. The summed E-state index contributed by atoms with van der Waals surface area (Å²) < 4.78 is 29.2. The van der Waals surface area contributed by atoms with Gasteiger partial charge in [0.05, 0.1) is 16.3 Å². The molecule has 0 spiro atoms. The summed E-state index contributed by atoms with van der Waals surface area (Å²) in [6, 6.07) is 13.3. The predicted molar refractivity (Wildman–Crippen MR) is 117 cm³/mol. The van der Waals surface area contributed by atoms with E-state index < -0.39 is 10.0 Å². The molecule has 1 fully saturated rings. The number of amides is 1. The summed E-state index contributed by atoms with van der Waals surface area (Å²) >= 11 is 0. The molecule has 3 aromatic rings. The van der Waals surface area contributed by atoms with Gasteiger partial charge in [-0.25, -0.2) is 18.1 Å². The van der Waals surface area contributed by atoms with Gasteiger partial charge in [0.2, 0.25) is 10.0 Å². The number of benzene rings is 2. The molecule has 1 aliphatic heterocycles. The standard InChI is InChI=1S/C22H25N5O3S/c1-16-11-17(2)13-26(12-16)31(29,30)19-9-7-18(8-10-19)22(28)25-20-5-3-4-6-21(20)27-15-23-14-24-27/h3-10,14-17H,11-13H2,1-2H3,(H,25,28). The minimum Gasteiger partial charge on any atom is -0.320 e. The van der Waals surface area contributed by atoms with E-state index in [4.69, 9.17) is 0 Å². The lowest BCUT2D eigenvalue weighted by Gasteiger charge is -2.34. The van der Waals surface area contributed by atoms with Gasteiger partial charge in [-0.3, -0.25) is 4.79 Å². The fourth-order valence-electron chi connectivity index (χ4n) is 4.04. The van der Waals surface area contributed by atoms with E-state index in [1.54, 1.807) is 21.4 Å². The maximum Gasteiger partial charge on any atom is 0.255 e. The molecule has 2 atom stereocenters. The van der Waals surface area contributed by atoms with Crippen molar-refractivity contribution in [3.05, 3.63) is 66.7 Å². The van der Waals surface area contributed by atoms with Crippen molar-refractivity contribution in [2.75, 3.05) is 18.4 Å². The molecule has 0 bridgehead atoms. The van der Waals surface area contributed by atoms with Crippen LogP contribution < -0.4 is 5.32 Å². The minimum absolute atomic E-state index is 0.202. The number of aromatic nitrogens is 3. The van der Waals surface area contributed by atoms with E-state index in [2.05, 4.69) is 29.2 Å². The van der Waals surface area contributed by atoms with E-state index in [0.29, 0.717) is 41.9 Å². The fraction of sp³-hybridized carbons (Fsp3) is 0.318. The van der Waals surface area contributed by atoms with Gasteiger partial charge in [0.25, 0.3) is 5.91 Å². The van der Waals surface area contributed by atoms with E-state index in [1.807, 2.05) is 18.2 Å². The van der Waals surface area contributed by atoms with Gasteiger partial charge in [0.15, 0.2) is 0 Å². The van der Waals surface area contributed by atoms with Gasteiger partial charge in [-0.2, -0.15) is 9.40 Å². The van der Waals surface area contributed by atoms with Crippen molar-refractivity contribution < 1.29 is 13.2 Å². The number of carbonyl (C=O) groups is 1. The van der Waals surface area contributed by atoms with E-state index in [9.17, 15) is 13.2 Å². The zero-order valence-corrected chi connectivity index (χ0v) is 18.3. The van der Waals surface area contributed by atoms with Crippen LogP contribution in [-0.2, 0) is 10.0 Å². The minimum atomic E-state index is -3.58. The second kappa shape index (κ2) is 8.60. The van der Waals surface area contributed by atoms with Crippen molar-refractivity contribution in [1.29, 1.82) is 0 Å². The van der Waals surface area contributed by atoms with Gasteiger partial charge in [0, 0.05) is 18.7 Å². The second-order valence-corrected chi connectivity index (χ2v) is 10.0. The molecule has 31 heavy (non-hydrogen) atoms. The van der Waals surface area contributed by atoms with Crippen LogP contribution >= 0.6 is 0 Å². The smallest absolute Gasteiger partial charge is 0.255 e. The molecule has 162 valence electrons. The number of carbonyl (C=O) groups excluding carboxylic acids is 1. The number of anilines is 1. The van der Waals surface area contributed by atoms with Gasteiger partial charge in [-0.15, -0.1) is 0 Å². The lowest BCUT2D eigenvalue weighted by atomic mass is 9.94. The van der Waals surface area contributed by atoms with E-state index in [-0.39, 0.29) is 10.8 Å². The van der Waals surface area contributed by atoms with Crippen LogP contribution in [0.15, 0.2) is 66.1 Å². The third kappa shape index (κ3) is 4.52. The Kier molecular flexibility index (Phi) is 5.88. The quantitative estimate of drug-likeness (QED) is 0.659. The van der Waals surface area contributed by atoms with Gasteiger partial charge in [-0.1, -0.05) is 26.0 Å². The maximum absolute atomic E-state index is 13.0. The Balaban J connectivity index is 1.52. The maximum atomic E-state index is 13.0. The van der Waals surface area contributed by atoms with Gasteiger partial charge >= 0.3 is 0 Å². The molecule has 1 saturated heterocycles. The summed E-state index contributed by atoms with van der Waals surface area (Å²) in [7, 11) is -3.58. The largest absolute Gasteiger partial charge is 0.320 e. The highest BCUT2D eigenvalue weighted by atomic mass is 32.2. The number of para-hydroxylation sites is 2. The van der Waals surface area contributed by atoms with E-state index in [0.717, 1.165) is 6.42 Å². The number of nitrogens with one attached hydrogen (secondary N) is 1. The summed E-state index contributed by atoms with van der Waals surface area (Å²) in [6.07, 6.45) is 4.00. The summed E-state index contributed by atoms with van der Waals surface area (Å²) in [5.74, 6) is 0.319. The average molecular weight is 440 g/mol. The Morgan fingerprint density at radius 1 is 1.03 bits per heavy atom. The van der Waals surface area contributed by atoms with Crippen molar-refractivity contribution in [2.24, 2.45) is 11.8 Å². The number of rotatable bonds is 5. The highest BCUT2D eigenvalue weighted by Gasteiger charge is 2.31. The molecular weight excluding hydrogens is 414 g/mol. The Morgan fingerprint density at radius 2 is 1.71 bits per heavy atom. The van der Waals surface area contributed by atoms with Crippen molar-refractivity contribution in [2.45, 2.75) is 25.2 Å². The summed E-state index contributed by atoms with van der Waals surface area (Å²) in [6.45, 7) is 5.19. The third-order valence-corrected chi connectivity index (χ3v) is 7.25. The Labute approximate surface area is 182 Å². The average Bonchev–Trinajstić information content (AvgIpc) is 3.28. The lowest BCUT2D eigenvalue weighted by molar-refractivity contribution is 0.102. The zero-order valence-electron chi connectivity index (χ0n) is 17.5. The molecule has 1 aromatic heterocycles. The highest BCUT2D eigenvalue weighted by Crippen LogP contribution is 2.27. The van der Waals surface area contributed by atoms with Crippen molar-refractivity contribution in [3.8, 4) is 5.69 Å². The number of nitrogens with zero attached hydrogens (tertiary/aromatic N) is 4. The molecule has 2 aromatic carbocycles. The number of hydrogen-bond acceptors (Lipinski definition) is 5. The van der Waals surface area contributed by atoms with Gasteiger partial charge in [0.1, 0.15) is 12.7 Å². The molecule has 1 aliphatic rings. The first-order chi connectivity index (χ1) is 14.8. The molecule has 8 nitrogen and oxygen atoms in total. The molecule has 0 aliphatic carbocycles. The van der Waals surface area contributed by atoms with Crippen molar-refractivity contribution in [1.82, 2.24) is 19.1 Å². The first-order valence-electron chi connectivity index (χ1n) is 10.2. The van der Waals surface area contributed by atoms with Crippen LogP contribution in [0.5, 0.6) is 0 Å². The number of sulfonamides is 1. The molecule has 0 radical (unpaired) electrons. The SMILES string of the molecule is CC1CC(C)CN(S(=O)(=O)c2ccc(C(=O)Nc3ccccc3-n3cncn3)cc2)C1. The molecule has 1 N–H and O–H groups in total. The molecule has 0 saturated carbocycles. The Morgan fingerprint density at radius 3 is 2.35 bits per heavy atom. The molecule has 1 amide bonds. The molecular formula is C22H25N5O3S. The zero-order chi connectivity index (χ0) is 22.0. The van der Waals surface area contributed by atoms with Gasteiger partial charge in [-0.05, 0) is 54.7 Å². The third-order valence-electron chi connectivity index (χ3n) is 5.41. The predicted octanol–water partition coefficient (Wildman–Crippen LogP) is 3.19. The molecule has 9 heteroatoms.